The van der Waals surface area contributed by atoms with Crippen LogP contribution in [0.15, 0.2) is 17.3 Å². The summed E-state index contributed by atoms with van der Waals surface area (Å²) in [6.45, 7) is 1.66. The molecule has 14 heavy (non-hydrogen) atoms. The van der Waals surface area contributed by atoms with E-state index in [1.807, 2.05) is 0 Å². The van der Waals surface area contributed by atoms with Gasteiger partial charge in [0.25, 0.3) is 15.9 Å². The summed E-state index contributed by atoms with van der Waals surface area (Å²) in [6, 6.07) is 1.33. The van der Waals surface area contributed by atoms with E-state index in [-0.39, 0.29) is 5.56 Å². The van der Waals surface area contributed by atoms with Gasteiger partial charge in [0.05, 0.1) is 5.56 Å². The molecule has 0 bridgehead atoms. The Hall–Kier alpha value is -1.47. The lowest BCUT2D eigenvalue weighted by atomic mass is 10.2. The summed E-state index contributed by atoms with van der Waals surface area (Å²) in [5.41, 5.74) is 5.42. The number of primary sulfonamides is 1. The maximum absolute atomic E-state index is 11.0. The quantitative estimate of drug-likeness (QED) is 0.667. The highest BCUT2D eigenvalue weighted by Crippen LogP contribution is 2.11. The van der Waals surface area contributed by atoms with Crippen molar-refractivity contribution in [3.05, 3.63) is 23.4 Å². The van der Waals surface area contributed by atoms with Crippen molar-refractivity contribution >= 4 is 15.9 Å². The van der Waals surface area contributed by atoms with Crippen LogP contribution >= 0.6 is 0 Å². The van der Waals surface area contributed by atoms with Crippen LogP contribution in [0.3, 0.4) is 0 Å². The van der Waals surface area contributed by atoms with Gasteiger partial charge >= 0.3 is 0 Å². The van der Waals surface area contributed by atoms with Crippen LogP contribution in [0.25, 0.3) is 0 Å². The summed E-state index contributed by atoms with van der Waals surface area (Å²) in [5, 5.41) is 4.36. The van der Waals surface area contributed by atoms with E-state index in [0.29, 0.717) is 5.56 Å². The summed E-state index contributed by atoms with van der Waals surface area (Å²) in [5.74, 6) is -0.870. The maximum atomic E-state index is 11.0. The standard InChI is InChI=1S/C7H9N3O3S/c1-4-2-5(6(8)11)7(10-3-4)14(9,12)13/h2-3H,1H3,(H2,8,11)(H2,9,12,13). The van der Waals surface area contributed by atoms with E-state index in [4.69, 9.17) is 10.9 Å². The number of pyridine rings is 1. The summed E-state index contributed by atoms with van der Waals surface area (Å²) in [6.07, 6.45) is 1.30. The van der Waals surface area contributed by atoms with Crippen molar-refractivity contribution in [3.8, 4) is 0 Å². The molecule has 1 aromatic rings. The molecule has 0 saturated carbocycles. The van der Waals surface area contributed by atoms with Crippen molar-refractivity contribution in [1.29, 1.82) is 0 Å². The van der Waals surface area contributed by atoms with Gasteiger partial charge < -0.3 is 5.73 Å². The lowest BCUT2D eigenvalue weighted by molar-refractivity contribution is 0.0996. The van der Waals surface area contributed by atoms with Crippen LogP contribution in [0.2, 0.25) is 0 Å². The fourth-order valence-electron chi connectivity index (χ4n) is 0.960. The number of carbonyl (C=O) groups is 1. The van der Waals surface area contributed by atoms with E-state index >= 15 is 0 Å². The molecule has 7 heteroatoms. The van der Waals surface area contributed by atoms with Crippen LogP contribution in [0.5, 0.6) is 0 Å². The van der Waals surface area contributed by atoms with Crippen molar-refractivity contribution in [3.63, 3.8) is 0 Å². The van der Waals surface area contributed by atoms with Gasteiger partial charge in [-0.15, -0.1) is 0 Å². The molecule has 0 aliphatic carbocycles. The highest BCUT2D eigenvalue weighted by atomic mass is 32.2. The first-order valence-electron chi connectivity index (χ1n) is 3.61. The van der Waals surface area contributed by atoms with Gasteiger partial charge in [-0.3, -0.25) is 4.79 Å². The number of nitrogens with zero attached hydrogens (tertiary/aromatic N) is 1. The monoisotopic (exact) mass is 215 g/mol. The Labute approximate surface area is 81.0 Å². The molecule has 0 fully saturated rings. The van der Waals surface area contributed by atoms with E-state index in [0.717, 1.165) is 0 Å². The Morgan fingerprint density at radius 3 is 2.50 bits per heavy atom. The predicted octanol–water partition coefficient (Wildman–Crippen LogP) is -0.864. The third kappa shape index (κ3) is 2.06. The van der Waals surface area contributed by atoms with Gasteiger partial charge in [-0.25, -0.2) is 18.5 Å². The fraction of sp³-hybridized carbons (Fsp3) is 0.143. The molecule has 0 aliphatic heterocycles. The van der Waals surface area contributed by atoms with Gasteiger partial charge in [0.1, 0.15) is 0 Å². The number of hydrogen-bond acceptors (Lipinski definition) is 4. The van der Waals surface area contributed by atoms with Crippen molar-refractivity contribution in [2.45, 2.75) is 11.9 Å². The SMILES string of the molecule is Cc1cnc(S(N)(=O)=O)c(C(N)=O)c1. The average molecular weight is 215 g/mol. The minimum atomic E-state index is -4.01. The average Bonchev–Trinajstić information content (AvgIpc) is 2.01. The van der Waals surface area contributed by atoms with Gasteiger partial charge in [-0.1, -0.05) is 0 Å². The van der Waals surface area contributed by atoms with E-state index in [1.165, 1.54) is 12.3 Å². The number of aromatic nitrogens is 1. The van der Waals surface area contributed by atoms with Crippen LogP contribution in [0, 0.1) is 6.92 Å². The normalized spacial score (nSPS) is 11.3. The molecule has 1 amide bonds. The number of amides is 1. The van der Waals surface area contributed by atoms with E-state index in [1.54, 1.807) is 6.92 Å². The topological polar surface area (TPSA) is 116 Å². The van der Waals surface area contributed by atoms with Gasteiger partial charge in [0, 0.05) is 6.20 Å². The van der Waals surface area contributed by atoms with Crippen molar-refractivity contribution in [1.82, 2.24) is 4.98 Å². The molecular formula is C7H9N3O3S. The molecule has 6 nitrogen and oxygen atoms in total. The van der Waals surface area contributed by atoms with Crippen molar-refractivity contribution in [2.75, 3.05) is 0 Å². The Morgan fingerprint density at radius 1 is 1.50 bits per heavy atom. The molecule has 0 aliphatic rings. The van der Waals surface area contributed by atoms with Gasteiger partial charge in [0.15, 0.2) is 5.03 Å². The summed E-state index contributed by atoms with van der Waals surface area (Å²) < 4.78 is 22.0. The Balaban J connectivity index is 3.53. The van der Waals surface area contributed by atoms with E-state index in [2.05, 4.69) is 4.98 Å². The molecular weight excluding hydrogens is 206 g/mol. The second-order valence-electron chi connectivity index (χ2n) is 2.77. The summed E-state index contributed by atoms with van der Waals surface area (Å²) >= 11 is 0. The second kappa shape index (κ2) is 3.35. The lowest BCUT2D eigenvalue weighted by Gasteiger charge is -2.03. The molecule has 0 aromatic carbocycles. The predicted molar refractivity (Wildman–Crippen MR) is 48.9 cm³/mol. The Kier molecular flexibility index (Phi) is 2.54. The number of aryl methyl sites for hydroxylation is 1. The van der Waals surface area contributed by atoms with Crippen LogP contribution in [0.4, 0.5) is 0 Å². The zero-order valence-corrected chi connectivity index (χ0v) is 8.21. The maximum Gasteiger partial charge on any atom is 0.256 e. The summed E-state index contributed by atoms with van der Waals surface area (Å²) in [7, 11) is -4.01. The third-order valence-electron chi connectivity index (χ3n) is 1.52. The highest BCUT2D eigenvalue weighted by Gasteiger charge is 2.19. The number of sulfonamides is 1. The first-order valence-corrected chi connectivity index (χ1v) is 5.16. The Morgan fingerprint density at radius 2 is 2.07 bits per heavy atom. The largest absolute Gasteiger partial charge is 0.366 e. The zero-order chi connectivity index (χ0) is 10.9. The van der Waals surface area contributed by atoms with Gasteiger partial charge in [-0.05, 0) is 18.6 Å². The second-order valence-corrected chi connectivity index (χ2v) is 4.25. The van der Waals surface area contributed by atoms with Crippen LogP contribution in [-0.2, 0) is 10.0 Å². The zero-order valence-electron chi connectivity index (χ0n) is 7.39. The van der Waals surface area contributed by atoms with Gasteiger partial charge in [-0.2, -0.15) is 0 Å². The number of hydrogen-bond donors (Lipinski definition) is 2. The molecule has 1 rings (SSSR count). The first-order chi connectivity index (χ1) is 6.32. The lowest BCUT2D eigenvalue weighted by Crippen LogP contribution is -2.22. The van der Waals surface area contributed by atoms with E-state index in [9.17, 15) is 13.2 Å². The molecule has 1 aromatic heterocycles. The van der Waals surface area contributed by atoms with Crippen LogP contribution in [-0.4, -0.2) is 19.3 Å². The molecule has 0 radical (unpaired) electrons. The molecule has 76 valence electrons. The van der Waals surface area contributed by atoms with Gasteiger partial charge in [0.2, 0.25) is 0 Å². The molecule has 4 N–H and O–H groups in total. The molecule has 1 heterocycles. The summed E-state index contributed by atoms with van der Waals surface area (Å²) in [4.78, 5) is 14.4. The fourth-order valence-corrected chi connectivity index (χ4v) is 1.63. The number of rotatable bonds is 2. The smallest absolute Gasteiger partial charge is 0.256 e. The van der Waals surface area contributed by atoms with Crippen LogP contribution in [0.1, 0.15) is 15.9 Å². The molecule has 0 spiro atoms. The minimum absolute atomic E-state index is 0.187. The van der Waals surface area contributed by atoms with Crippen molar-refractivity contribution < 1.29 is 13.2 Å². The third-order valence-corrected chi connectivity index (χ3v) is 2.39. The molecule has 0 saturated heterocycles. The minimum Gasteiger partial charge on any atom is -0.366 e. The van der Waals surface area contributed by atoms with E-state index < -0.39 is 21.0 Å². The molecule has 0 unspecified atom stereocenters. The number of carbonyl (C=O) groups excluding carboxylic acids is 1. The first kappa shape index (κ1) is 10.6. The number of nitrogens with two attached hydrogens (primary N) is 2. The van der Waals surface area contributed by atoms with Crippen LogP contribution < -0.4 is 10.9 Å². The Bertz CT molecular complexity index is 481. The number of primary amides is 1. The highest BCUT2D eigenvalue weighted by molar-refractivity contribution is 7.89. The molecule has 0 atom stereocenters. The van der Waals surface area contributed by atoms with Crippen molar-refractivity contribution in [2.24, 2.45) is 10.9 Å².